The molecule has 3 heterocycles. The maximum Gasteiger partial charge on any atom is 0.260 e. The second-order valence-electron chi connectivity index (χ2n) is 9.20. The van der Waals surface area contributed by atoms with E-state index < -0.39 is 10.0 Å². The zero-order valence-electron chi connectivity index (χ0n) is 20.4. The molecule has 1 aliphatic rings. The number of hydrogen-bond acceptors (Lipinski definition) is 6. The monoisotopic (exact) mass is 523 g/mol. The van der Waals surface area contributed by atoms with Gasteiger partial charge in [-0.05, 0) is 73.2 Å². The number of rotatable bonds is 7. The molecule has 36 heavy (non-hydrogen) atoms. The van der Waals surface area contributed by atoms with E-state index in [1.165, 1.54) is 23.5 Å². The SMILES string of the molecule is CCc1cccc2sc(N(Cc3ccco3)C(=O)c3ccc(S(=O)(=O)N4CCC(C)CC4)cc3)nc12. The Balaban J connectivity index is 1.45. The second-order valence-corrected chi connectivity index (χ2v) is 12.1. The topological polar surface area (TPSA) is 83.7 Å². The maximum atomic E-state index is 13.7. The number of benzene rings is 2. The predicted molar refractivity (Wildman–Crippen MR) is 142 cm³/mol. The van der Waals surface area contributed by atoms with Crippen molar-refractivity contribution in [2.75, 3.05) is 18.0 Å². The van der Waals surface area contributed by atoms with Crippen molar-refractivity contribution in [3.05, 3.63) is 77.7 Å². The Kier molecular flexibility index (Phi) is 6.96. The number of anilines is 1. The van der Waals surface area contributed by atoms with Crippen LogP contribution in [0.25, 0.3) is 10.2 Å². The highest BCUT2D eigenvalue weighted by atomic mass is 32.2. The molecular weight excluding hydrogens is 494 g/mol. The van der Waals surface area contributed by atoms with Crippen LogP contribution in [0.15, 0.2) is 70.2 Å². The number of aromatic nitrogens is 1. The first-order valence-electron chi connectivity index (χ1n) is 12.2. The van der Waals surface area contributed by atoms with E-state index in [1.807, 2.05) is 24.3 Å². The lowest BCUT2D eigenvalue weighted by Crippen LogP contribution is -2.37. The molecule has 0 N–H and O–H groups in total. The summed E-state index contributed by atoms with van der Waals surface area (Å²) < 4.78 is 34.3. The van der Waals surface area contributed by atoms with Crippen molar-refractivity contribution in [2.24, 2.45) is 5.92 Å². The van der Waals surface area contributed by atoms with E-state index in [0.29, 0.717) is 35.5 Å². The maximum absolute atomic E-state index is 13.7. The molecule has 9 heteroatoms. The van der Waals surface area contributed by atoms with Crippen LogP contribution in [-0.2, 0) is 23.0 Å². The average molecular weight is 524 g/mol. The number of thiazole rings is 1. The number of piperidine rings is 1. The van der Waals surface area contributed by atoms with Gasteiger partial charge < -0.3 is 4.42 Å². The third kappa shape index (κ3) is 4.83. The molecule has 0 radical (unpaired) electrons. The number of furan rings is 1. The molecule has 188 valence electrons. The minimum Gasteiger partial charge on any atom is -0.467 e. The summed E-state index contributed by atoms with van der Waals surface area (Å²) in [5.74, 6) is 0.906. The first-order chi connectivity index (χ1) is 17.4. The zero-order valence-corrected chi connectivity index (χ0v) is 22.0. The number of carbonyl (C=O) groups is 1. The van der Waals surface area contributed by atoms with E-state index in [0.717, 1.165) is 35.0 Å². The van der Waals surface area contributed by atoms with Crippen LogP contribution in [0.3, 0.4) is 0 Å². The molecule has 0 saturated carbocycles. The standard InChI is InChI=1S/C27H29N3O4S2/c1-3-20-6-4-8-24-25(20)28-27(35-24)30(18-22-7-5-17-34-22)26(31)21-9-11-23(12-10-21)36(32,33)29-15-13-19(2)14-16-29/h4-12,17,19H,3,13-16,18H2,1-2H3. The molecule has 2 aromatic carbocycles. The summed E-state index contributed by atoms with van der Waals surface area (Å²) in [5, 5.41) is 0.575. The smallest absolute Gasteiger partial charge is 0.260 e. The molecule has 5 rings (SSSR count). The Morgan fingerprint density at radius 2 is 1.86 bits per heavy atom. The average Bonchev–Trinajstić information content (AvgIpc) is 3.57. The van der Waals surface area contributed by atoms with Gasteiger partial charge in [0.15, 0.2) is 5.13 Å². The second kappa shape index (κ2) is 10.2. The Morgan fingerprint density at radius 3 is 2.53 bits per heavy atom. The van der Waals surface area contributed by atoms with Crippen LogP contribution in [-0.4, -0.2) is 36.7 Å². The molecule has 2 aromatic heterocycles. The van der Waals surface area contributed by atoms with E-state index in [9.17, 15) is 13.2 Å². The zero-order chi connectivity index (χ0) is 25.3. The van der Waals surface area contributed by atoms with Gasteiger partial charge in [0.1, 0.15) is 5.76 Å². The minimum absolute atomic E-state index is 0.207. The molecular formula is C27H29N3O4S2. The quantitative estimate of drug-likeness (QED) is 0.309. The van der Waals surface area contributed by atoms with Gasteiger partial charge in [-0.1, -0.05) is 37.3 Å². The fraction of sp³-hybridized carbons (Fsp3) is 0.333. The van der Waals surface area contributed by atoms with E-state index in [4.69, 9.17) is 9.40 Å². The fourth-order valence-electron chi connectivity index (χ4n) is 4.48. The third-order valence-corrected chi connectivity index (χ3v) is 9.68. The van der Waals surface area contributed by atoms with Crippen LogP contribution in [0.1, 0.15) is 48.4 Å². The number of sulfonamides is 1. The number of fused-ring (bicyclic) bond motifs is 1. The van der Waals surface area contributed by atoms with E-state index in [2.05, 4.69) is 13.8 Å². The summed E-state index contributed by atoms with van der Waals surface area (Å²) in [6.45, 7) is 5.50. The molecule has 1 saturated heterocycles. The van der Waals surface area contributed by atoms with Gasteiger partial charge >= 0.3 is 0 Å². The van der Waals surface area contributed by atoms with Crippen molar-refractivity contribution in [1.82, 2.24) is 9.29 Å². The highest BCUT2D eigenvalue weighted by Crippen LogP contribution is 2.33. The normalized spacial score (nSPS) is 15.4. The van der Waals surface area contributed by atoms with Crippen LogP contribution in [0.4, 0.5) is 5.13 Å². The number of para-hydroxylation sites is 1. The van der Waals surface area contributed by atoms with E-state index >= 15 is 0 Å². The minimum atomic E-state index is -3.58. The molecule has 0 spiro atoms. The fourth-order valence-corrected chi connectivity index (χ4v) is 6.96. The summed E-state index contributed by atoms with van der Waals surface area (Å²) in [4.78, 5) is 20.3. The lowest BCUT2D eigenvalue weighted by Gasteiger charge is -2.29. The van der Waals surface area contributed by atoms with E-state index in [-0.39, 0.29) is 17.3 Å². The molecule has 4 aromatic rings. The molecule has 1 amide bonds. The van der Waals surface area contributed by atoms with Crippen LogP contribution >= 0.6 is 11.3 Å². The van der Waals surface area contributed by atoms with Gasteiger partial charge in [-0.15, -0.1) is 0 Å². The van der Waals surface area contributed by atoms with Gasteiger partial charge in [0.2, 0.25) is 10.0 Å². The van der Waals surface area contributed by atoms with Crippen molar-refractivity contribution in [2.45, 2.75) is 44.6 Å². The van der Waals surface area contributed by atoms with Crippen LogP contribution in [0.2, 0.25) is 0 Å². The highest BCUT2D eigenvalue weighted by Gasteiger charge is 2.29. The number of aryl methyl sites for hydroxylation is 1. The number of nitrogens with zero attached hydrogens (tertiary/aromatic N) is 3. The number of carbonyl (C=O) groups excluding carboxylic acids is 1. The number of hydrogen-bond donors (Lipinski definition) is 0. The van der Waals surface area contributed by atoms with Crippen LogP contribution in [0, 0.1) is 5.92 Å². The predicted octanol–water partition coefficient (Wildman–Crippen LogP) is 5.72. The van der Waals surface area contributed by atoms with Gasteiger partial charge in [-0.25, -0.2) is 13.4 Å². The Hall–Kier alpha value is -3.01. The van der Waals surface area contributed by atoms with Gasteiger partial charge in [-0.3, -0.25) is 9.69 Å². The summed E-state index contributed by atoms with van der Waals surface area (Å²) in [5.41, 5.74) is 2.42. The summed E-state index contributed by atoms with van der Waals surface area (Å²) in [7, 11) is -3.58. The molecule has 0 unspecified atom stereocenters. The Labute approximate surface area is 215 Å². The molecule has 7 nitrogen and oxygen atoms in total. The Morgan fingerprint density at radius 1 is 1.11 bits per heavy atom. The number of amides is 1. The lowest BCUT2D eigenvalue weighted by molar-refractivity contribution is 0.0983. The highest BCUT2D eigenvalue weighted by molar-refractivity contribution is 7.89. The third-order valence-electron chi connectivity index (χ3n) is 6.72. The van der Waals surface area contributed by atoms with Gasteiger partial charge in [0.25, 0.3) is 5.91 Å². The molecule has 0 bridgehead atoms. The first-order valence-corrected chi connectivity index (χ1v) is 14.5. The van der Waals surface area contributed by atoms with Gasteiger partial charge in [-0.2, -0.15) is 4.31 Å². The van der Waals surface area contributed by atoms with Crippen LogP contribution < -0.4 is 4.90 Å². The lowest BCUT2D eigenvalue weighted by atomic mass is 10.0. The summed E-state index contributed by atoms with van der Waals surface area (Å²) in [6.07, 6.45) is 4.14. The molecule has 1 aliphatic heterocycles. The van der Waals surface area contributed by atoms with E-state index in [1.54, 1.807) is 33.7 Å². The van der Waals surface area contributed by atoms with Gasteiger partial charge in [0.05, 0.1) is 27.9 Å². The van der Waals surface area contributed by atoms with Crippen molar-refractivity contribution in [1.29, 1.82) is 0 Å². The van der Waals surface area contributed by atoms with Crippen molar-refractivity contribution in [3.63, 3.8) is 0 Å². The van der Waals surface area contributed by atoms with Gasteiger partial charge in [0, 0.05) is 18.7 Å². The van der Waals surface area contributed by atoms with Crippen molar-refractivity contribution < 1.29 is 17.6 Å². The summed E-state index contributed by atoms with van der Waals surface area (Å²) in [6, 6.07) is 15.9. The summed E-state index contributed by atoms with van der Waals surface area (Å²) >= 11 is 1.46. The largest absolute Gasteiger partial charge is 0.467 e. The first kappa shape index (κ1) is 24.7. The van der Waals surface area contributed by atoms with Crippen LogP contribution in [0.5, 0.6) is 0 Å². The molecule has 0 atom stereocenters. The Bertz CT molecular complexity index is 1450. The van der Waals surface area contributed by atoms with Crippen molar-refractivity contribution >= 4 is 42.6 Å². The molecule has 0 aliphatic carbocycles. The molecule has 1 fully saturated rings. The van der Waals surface area contributed by atoms with Crippen molar-refractivity contribution in [3.8, 4) is 0 Å².